The number of sulfonamides is 1. The molecule has 4 rings (SSSR count). The predicted molar refractivity (Wildman–Crippen MR) is 159 cm³/mol. The summed E-state index contributed by atoms with van der Waals surface area (Å²) in [4.78, 5) is 25.7. The number of pyridine rings is 1. The summed E-state index contributed by atoms with van der Waals surface area (Å²) < 4.78 is 73.5. The maximum absolute atomic E-state index is 14.8. The number of amides is 1. The summed E-state index contributed by atoms with van der Waals surface area (Å²) in [6.07, 6.45) is 3.71. The molecule has 1 aliphatic rings. The lowest BCUT2D eigenvalue weighted by Crippen LogP contribution is -2.42. The molecule has 0 bridgehead atoms. The molecule has 1 aliphatic carbocycles. The minimum absolute atomic E-state index is 0.0418. The van der Waals surface area contributed by atoms with Crippen LogP contribution in [0.25, 0.3) is 22.3 Å². The molecular weight excluding hydrogens is 585 g/mol. The number of carbonyl (C=O) groups is 1. The smallest absolute Gasteiger partial charge is 0.407 e. The number of ether oxygens (including phenoxy) is 1. The van der Waals surface area contributed by atoms with Crippen LogP contribution in [-0.4, -0.2) is 58.8 Å². The van der Waals surface area contributed by atoms with Gasteiger partial charge in [-0.05, 0) is 77.1 Å². The SMILES string of the molecule is CCC(F)(F)CS(=O)(=O)Nc1ccc(-c2cc(C)c3nc(N[C@H]4CC[C@H](NC(=O)OC(C)(C)C)CC4)ncc3n2)cc1F. The van der Waals surface area contributed by atoms with E-state index in [2.05, 4.69) is 25.6 Å². The highest BCUT2D eigenvalue weighted by molar-refractivity contribution is 7.92. The van der Waals surface area contributed by atoms with E-state index in [-0.39, 0.29) is 12.1 Å². The average Bonchev–Trinajstić information content (AvgIpc) is 2.89. The van der Waals surface area contributed by atoms with E-state index in [1.54, 1.807) is 12.3 Å². The fourth-order valence-corrected chi connectivity index (χ4v) is 6.11. The number of aryl methyl sites for hydroxylation is 1. The Bertz CT molecular complexity index is 1590. The Hall–Kier alpha value is -3.68. The van der Waals surface area contributed by atoms with E-state index >= 15 is 0 Å². The molecule has 3 N–H and O–H groups in total. The van der Waals surface area contributed by atoms with Crippen LogP contribution >= 0.6 is 0 Å². The van der Waals surface area contributed by atoms with Crippen LogP contribution in [0.1, 0.15) is 65.4 Å². The summed E-state index contributed by atoms with van der Waals surface area (Å²) in [6.45, 7) is 8.48. The second-order valence-corrected chi connectivity index (χ2v) is 13.6. The van der Waals surface area contributed by atoms with Gasteiger partial charge in [-0.1, -0.05) is 13.0 Å². The number of hydrogen-bond acceptors (Lipinski definition) is 8. The molecule has 14 heteroatoms. The van der Waals surface area contributed by atoms with Gasteiger partial charge in [0.05, 0.1) is 23.1 Å². The van der Waals surface area contributed by atoms with Crippen molar-refractivity contribution in [2.24, 2.45) is 0 Å². The number of benzene rings is 1. The zero-order valence-corrected chi connectivity index (χ0v) is 25.6. The molecule has 2 heterocycles. The monoisotopic (exact) mass is 622 g/mol. The van der Waals surface area contributed by atoms with E-state index in [1.807, 2.05) is 32.4 Å². The molecule has 3 aromatic rings. The largest absolute Gasteiger partial charge is 0.444 e. The molecule has 0 aliphatic heterocycles. The van der Waals surface area contributed by atoms with Gasteiger partial charge in [-0.15, -0.1) is 0 Å². The number of halogens is 3. The number of aromatic nitrogens is 3. The van der Waals surface area contributed by atoms with Crippen LogP contribution in [-0.2, 0) is 14.8 Å². The number of rotatable bonds is 9. The first-order valence-electron chi connectivity index (χ1n) is 14.1. The van der Waals surface area contributed by atoms with Gasteiger partial charge < -0.3 is 15.4 Å². The predicted octanol–water partition coefficient (Wildman–Crippen LogP) is 6.17. The topological polar surface area (TPSA) is 135 Å². The van der Waals surface area contributed by atoms with Crippen molar-refractivity contribution in [3.8, 4) is 11.3 Å². The van der Waals surface area contributed by atoms with E-state index in [9.17, 15) is 26.4 Å². The van der Waals surface area contributed by atoms with Crippen LogP contribution in [0.2, 0.25) is 0 Å². The van der Waals surface area contributed by atoms with Crippen molar-refractivity contribution in [2.45, 2.75) is 90.3 Å². The molecule has 1 amide bonds. The van der Waals surface area contributed by atoms with Crippen LogP contribution in [0.3, 0.4) is 0 Å². The molecule has 0 atom stereocenters. The molecule has 2 aromatic heterocycles. The highest BCUT2D eigenvalue weighted by Gasteiger charge is 2.34. The standard InChI is InChI=1S/C29H37F3N6O4S/c1-6-29(31,32)16-43(40,41)38-22-12-7-18(14-21(22)30)23-13-17(2)25-24(36-23)15-33-26(37-25)34-19-8-10-20(11-9-19)35-27(39)42-28(3,4)5/h7,12-15,19-20,38H,6,8-11,16H2,1-5H3,(H,35,39)(H,33,34,37)/t19-,20-. The summed E-state index contributed by atoms with van der Waals surface area (Å²) in [6, 6.07) is 5.63. The number of carbonyl (C=O) groups excluding carboxylic acids is 1. The number of alkyl carbamates (subject to hydrolysis) is 1. The second-order valence-electron chi connectivity index (χ2n) is 11.9. The van der Waals surface area contributed by atoms with Gasteiger partial charge in [0.25, 0.3) is 5.92 Å². The van der Waals surface area contributed by atoms with E-state index in [4.69, 9.17) is 4.74 Å². The number of fused-ring (bicyclic) bond motifs is 1. The highest BCUT2D eigenvalue weighted by Crippen LogP contribution is 2.29. The zero-order valence-electron chi connectivity index (χ0n) is 24.8. The Labute approximate surface area is 249 Å². The van der Waals surface area contributed by atoms with Gasteiger partial charge in [-0.3, -0.25) is 4.72 Å². The normalized spacial score (nSPS) is 17.9. The van der Waals surface area contributed by atoms with Crippen LogP contribution in [0.4, 0.5) is 29.6 Å². The maximum atomic E-state index is 14.8. The number of alkyl halides is 2. The minimum Gasteiger partial charge on any atom is -0.444 e. The third kappa shape index (κ3) is 8.91. The highest BCUT2D eigenvalue weighted by atomic mass is 32.2. The Morgan fingerprint density at radius 1 is 1.07 bits per heavy atom. The summed E-state index contributed by atoms with van der Waals surface area (Å²) in [5.41, 5.74) is 1.66. The van der Waals surface area contributed by atoms with E-state index in [0.29, 0.717) is 28.2 Å². The van der Waals surface area contributed by atoms with Gasteiger partial charge in [0.15, 0.2) is 0 Å². The van der Waals surface area contributed by atoms with Crippen molar-refractivity contribution in [2.75, 3.05) is 15.8 Å². The number of nitrogens with zero attached hydrogens (tertiary/aromatic N) is 3. The summed E-state index contributed by atoms with van der Waals surface area (Å²) in [7, 11) is -4.47. The lowest BCUT2D eigenvalue weighted by atomic mass is 9.91. The van der Waals surface area contributed by atoms with Gasteiger partial charge in [0.1, 0.15) is 22.7 Å². The zero-order chi connectivity index (χ0) is 31.6. The van der Waals surface area contributed by atoms with E-state index in [1.165, 1.54) is 19.1 Å². The Morgan fingerprint density at radius 2 is 1.74 bits per heavy atom. The number of nitrogens with one attached hydrogen (secondary N) is 3. The third-order valence-electron chi connectivity index (χ3n) is 6.97. The van der Waals surface area contributed by atoms with Crippen LogP contribution in [0.15, 0.2) is 30.5 Å². The van der Waals surface area contributed by atoms with Gasteiger partial charge in [0.2, 0.25) is 16.0 Å². The summed E-state index contributed by atoms with van der Waals surface area (Å²) >= 11 is 0. The third-order valence-corrected chi connectivity index (χ3v) is 8.30. The fraction of sp³-hybridized carbons (Fsp3) is 0.517. The van der Waals surface area contributed by atoms with Crippen LogP contribution in [0, 0.1) is 12.7 Å². The van der Waals surface area contributed by atoms with Crippen molar-refractivity contribution in [3.63, 3.8) is 0 Å². The van der Waals surface area contributed by atoms with Gasteiger partial charge >= 0.3 is 6.09 Å². The first kappa shape index (κ1) is 32.2. The van der Waals surface area contributed by atoms with Crippen molar-refractivity contribution in [1.29, 1.82) is 0 Å². The van der Waals surface area contributed by atoms with Crippen molar-refractivity contribution < 1.29 is 31.1 Å². The van der Waals surface area contributed by atoms with Crippen molar-refractivity contribution in [3.05, 3.63) is 41.8 Å². The van der Waals surface area contributed by atoms with Gasteiger partial charge in [-0.25, -0.2) is 41.3 Å². The Balaban J connectivity index is 1.41. The summed E-state index contributed by atoms with van der Waals surface area (Å²) in [5, 5.41) is 6.29. The van der Waals surface area contributed by atoms with Crippen LogP contribution < -0.4 is 15.4 Å². The van der Waals surface area contributed by atoms with Gasteiger partial charge in [-0.2, -0.15) is 0 Å². The fourth-order valence-electron chi connectivity index (χ4n) is 4.78. The first-order chi connectivity index (χ1) is 20.0. The molecule has 0 radical (unpaired) electrons. The molecular formula is C29H37F3N6O4S. The van der Waals surface area contributed by atoms with E-state index < -0.39 is 51.3 Å². The maximum Gasteiger partial charge on any atom is 0.407 e. The molecule has 0 unspecified atom stereocenters. The van der Waals surface area contributed by atoms with E-state index in [0.717, 1.165) is 37.3 Å². The molecule has 1 saturated carbocycles. The lowest BCUT2D eigenvalue weighted by molar-refractivity contribution is 0.0219. The average molecular weight is 623 g/mol. The molecule has 43 heavy (non-hydrogen) atoms. The van der Waals surface area contributed by atoms with Crippen molar-refractivity contribution >= 4 is 38.8 Å². The molecule has 0 saturated heterocycles. The molecule has 1 fully saturated rings. The second kappa shape index (κ2) is 12.5. The molecule has 0 spiro atoms. The first-order valence-corrected chi connectivity index (χ1v) is 15.8. The number of anilines is 2. The Kier molecular flexibility index (Phi) is 9.38. The molecule has 234 valence electrons. The van der Waals surface area contributed by atoms with Gasteiger partial charge in [0, 0.05) is 24.1 Å². The molecule has 10 nitrogen and oxygen atoms in total. The van der Waals surface area contributed by atoms with Crippen molar-refractivity contribution in [1.82, 2.24) is 20.3 Å². The summed E-state index contributed by atoms with van der Waals surface area (Å²) in [5.74, 6) is -5.34. The molecule has 1 aromatic carbocycles. The quantitative estimate of drug-likeness (QED) is 0.258. The number of hydrogen-bond donors (Lipinski definition) is 3. The van der Waals surface area contributed by atoms with Crippen LogP contribution in [0.5, 0.6) is 0 Å². The minimum atomic E-state index is -4.47. The Morgan fingerprint density at radius 3 is 2.37 bits per heavy atom. The lowest BCUT2D eigenvalue weighted by Gasteiger charge is -2.30.